The summed E-state index contributed by atoms with van der Waals surface area (Å²) in [6, 6.07) is 2.43. The van der Waals surface area contributed by atoms with Gasteiger partial charge in [-0.1, -0.05) is 15.9 Å². The molecule has 2 nitrogen and oxygen atoms in total. The topological polar surface area (TPSA) is 36.7 Å². The molecule has 1 heterocycles. The Balaban J connectivity index is 3.25. The molecule has 80 valence electrons. The van der Waals surface area contributed by atoms with Gasteiger partial charge >= 0.3 is 0 Å². The van der Waals surface area contributed by atoms with Crippen LogP contribution < -0.4 is 0 Å². The molecule has 1 aromatic rings. The van der Waals surface area contributed by atoms with Crippen molar-refractivity contribution < 1.29 is 13.2 Å². The van der Waals surface area contributed by atoms with Crippen LogP contribution in [0.2, 0.25) is 0 Å². The molecule has 0 spiro atoms. The van der Waals surface area contributed by atoms with Crippen molar-refractivity contribution in [2.45, 2.75) is 18.2 Å². The molecular weight excluding hydrogens is 273 g/mol. The highest BCUT2D eigenvalue weighted by Crippen LogP contribution is 2.22. The van der Waals surface area contributed by atoms with Crippen LogP contribution >= 0.6 is 15.9 Å². The van der Waals surface area contributed by atoms with Crippen LogP contribution in [0.4, 0.5) is 13.2 Å². The third kappa shape index (κ3) is 2.69. The number of halogens is 4. The molecule has 0 aliphatic rings. The van der Waals surface area contributed by atoms with E-state index in [4.69, 9.17) is 5.26 Å². The molecule has 1 aromatic heterocycles. The normalized spacial score (nSPS) is 10.4. The van der Waals surface area contributed by atoms with E-state index in [1.54, 1.807) is 6.07 Å². The molecule has 0 radical (unpaired) electrons. The number of hydrogen-bond acceptors (Lipinski definition) is 2. The molecule has 0 aliphatic heterocycles. The number of alkyl halides is 3. The number of aromatic nitrogens is 1. The minimum Gasteiger partial charge on any atom is -0.250 e. The van der Waals surface area contributed by atoms with E-state index in [2.05, 4.69) is 20.9 Å². The summed E-state index contributed by atoms with van der Waals surface area (Å²) in [4.78, 5) is 3.58. The average molecular weight is 279 g/mol. The molecule has 15 heavy (non-hydrogen) atoms. The SMILES string of the molecule is N#CCc1c(F)cc(C(F)F)nc1CBr. The van der Waals surface area contributed by atoms with Gasteiger partial charge < -0.3 is 0 Å². The number of pyridine rings is 1. The number of rotatable bonds is 3. The third-order valence-corrected chi connectivity index (χ3v) is 2.31. The van der Waals surface area contributed by atoms with Crippen LogP contribution in [-0.4, -0.2) is 4.98 Å². The van der Waals surface area contributed by atoms with E-state index >= 15 is 0 Å². The maximum atomic E-state index is 13.3. The van der Waals surface area contributed by atoms with E-state index in [9.17, 15) is 13.2 Å². The third-order valence-electron chi connectivity index (χ3n) is 1.78. The standard InChI is InChI=1S/C9H6BrF3N2/c10-4-8-5(1-2-14)6(11)3-7(15-8)9(12)13/h3,9H,1,4H2. The highest BCUT2D eigenvalue weighted by Gasteiger charge is 2.16. The molecule has 0 saturated heterocycles. The highest BCUT2D eigenvalue weighted by molar-refractivity contribution is 9.08. The molecule has 0 saturated carbocycles. The van der Waals surface area contributed by atoms with Gasteiger partial charge in [-0.15, -0.1) is 0 Å². The first kappa shape index (κ1) is 12.0. The smallest absolute Gasteiger partial charge is 0.250 e. The zero-order valence-corrected chi connectivity index (χ0v) is 9.06. The summed E-state index contributed by atoms with van der Waals surface area (Å²) < 4.78 is 37.8. The molecule has 1 rings (SSSR count). The van der Waals surface area contributed by atoms with Crippen LogP contribution in [0.5, 0.6) is 0 Å². The molecule has 0 bridgehead atoms. The molecule has 6 heteroatoms. The van der Waals surface area contributed by atoms with Crippen molar-refractivity contribution in [2.24, 2.45) is 0 Å². The van der Waals surface area contributed by atoms with E-state index in [1.807, 2.05) is 0 Å². The summed E-state index contributed by atoms with van der Waals surface area (Å²) in [6.07, 6.45) is -2.99. The van der Waals surface area contributed by atoms with Gasteiger partial charge in [-0.3, -0.25) is 4.98 Å². The maximum absolute atomic E-state index is 13.3. The van der Waals surface area contributed by atoms with Gasteiger partial charge in [-0.05, 0) is 0 Å². The summed E-state index contributed by atoms with van der Waals surface area (Å²) in [6.45, 7) is 0. The first-order valence-corrected chi connectivity index (χ1v) is 5.11. The van der Waals surface area contributed by atoms with Gasteiger partial charge in [-0.2, -0.15) is 5.26 Å². The Morgan fingerprint density at radius 2 is 2.20 bits per heavy atom. The molecule has 0 atom stereocenters. The molecule has 0 aliphatic carbocycles. The Morgan fingerprint density at radius 3 is 2.67 bits per heavy atom. The Morgan fingerprint density at radius 1 is 1.53 bits per heavy atom. The van der Waals surface area contributed by atoms with Gasteiger partial charge in [0.25, 0.3) is 6.43 Å². The molecule has 0 aromatic carbocycles. The van der Waals surface area contributed by atoms with Crippen molar-refractivity contribution in [3.63, 3.8) is 0 Å². The number of nitrogens with zero attached hydrogens (tertiary/aromatic N) is 2. The van der Waals surface area contributed by atoms with E-state index in [1.165, 1.54) is 0 Å². The van der Waals surface area contributed by atoms with Crippen molar-refractivity contribution in [3.05, 3.63) is 28.8 Å². The zero-order valence-electron chi connectivity index (χ0n) is 7.48. The largest absolute Gasteiger partial charge is 0.280 e. The molecule has 0 unspecified atom stereocenters. The van der Waals surface area contributed by atoms with Crippen LogP contribution in [0.15, 0.2) is 6.07 Å². The molecular formula is C9H6BrF3N2. The van der Waals surface area contributed by atoms with Crippen LogP contribution in [0.1, 0.15) is 23.4 Å². The monoisotopic (exact) mass is 278 g/mol. The van der Waals surface area contributed by atoms with Crippen molar-refractivity contribution in [2.75, 3.05) is 0 Å². The van der Waals surface area contributed by atoms with Crippen molar-refractivity contribution in [3.8, 4) is 6.07 Å². The summed E-state index contributed by atoms with van der Waals surface area (Å²) >= 11 is 3.01. The number of nitriles is 1. The van der Waals surface area contributed by atoms with Crippen molar-refractivity contribution >= 4 is 15.9 Å². The van der Waals surface area contributed by atoms with Gasteiger partial charge in [0.05, 0.1) is 18.2 Å². The second kappa shape index (κ2) is 5.12. The highest BCUT2D eigenvalue weighted by atomic mass is 79.9. The lowest BCUT2D eigenvalue weighted by atomic mass is 10.1. The Kier molecular flexibility index (Phi) is 4.09. The van der Waals surface area contributed by atoms with Gasteiger partial charge in [-0.25, -0.2) is 13.2 Å². The Bertz CT molecular complexity index is 401. The Hall–Kier alpha value is -1.09. The summed E-state index contributed by atoms with van der Waals surface area (Å²) in [7, 11) is 0. The van der Waals surface area contributed by atoms with Crippen LogP contribution in [0.3, 0.4) is 0 Å². The lowest BCUT2D eigenvalue weighted by molar-refractivity contribution is 0.145. The fraction of sp³-hybridized carbons (Fsp3) is 0.333. The van der Waals surface area contributed by atoms with Crippen LogP contribution in [0, 0.1) is 17.1 Å². The second-order valence-corrected chi connectivity index (χ2v) is 3.28. The van der Waals surface area contributed by atoms with E-state index < -0.39 is 17.9 Å². The summed E-state index contributed by atoms with van der Waals surface area (Å²) in [5, 5.41) is 8.58. The molecule has 0 N–H and O–H groups in total. The summed E-state index contributed by atoms with van der Waals surface area (Å²) in [5.74, 6) is -0.809. The second-order valence-electron chi connectivity index (χ2n) is 2.72. The van der Waals surface area contributed by atoms with E-state index in [-0.39, 0.29) is 23.0 Å². The zero-order chi connectivity index (χ0) is 11.4. The van der Waals surface area contributed by atoms with Crippen molar-refractivity contribution in [1.82, 2.24) is 4.98 Å². The summed E-state index contributed by atoms with van der Waals surface area (Å²) in [5.41, 5.74) is -0.394. The Labute approximate surface area is 92.9 Å². The van der Waals surface area contributed by atoms with Crippen LogP contribution in [-0.2, 0) is 11.8 Å². The lowest BCUT2D eigenvalue weighted by Gasteiger charge is -2.07. The van der Waals surface area contributed by atoms with Gasteiger partial charge in [0.2, 0.25) is 0 Å². The number of hydrogen-bond donors (Lipinski definition) is 0. The minimum atomic E-state index is -2.81. The lowest BCUT2D eigenvalue weighted by Crippen LogP contribution is -2.03. The minimum absolute atomic E-state index is 0.0683. The van der Waals surface area contributed by atoms with Gasteiger partial charge in [0.1, 0.15) is 11.5 Å². The fourth-order valence-corrected chi connectivity index (χ4v) is 1.56. The maximum Gasteiger partial charge on any atom is 0.280 e. The predicted molar refractivity (Wildman–Crippen MR) is 51.1 cm³/mol. The van der Waals surface area contributed by atoms with Gasteiger partial charge in [0, 0.05) is 17.0 Å². The van der Waals surface area contributed by atoms with E-state index in [0.29, 0.717) is 6.07 Å². The van der Waals surface area contributed by atoms with E-state index in [0.717, 1.165) is 0 Å². The molecule has 0 fully saturated rings. The first-order valence-electron chi connectivity index (χ1n) is 3.99. The first-order chi connectivity index (χ1) is 7.10. The molecule has 0 amide bonds. The average Bonchev–Trinajstić information content (AvgIpc) is 2.20. The van der Waals surface area contributed by atoms with Gasteiger partial charge in [0.15, 0.2) is 0 Å². The fourth-order valence-electron chi connectivity index (χ4n) is 1.10. The quantitative estimate of drug-likeness (QED) is 0.797. The predicted octanol–water partition coefficient (Wildman–Crippen LogP) is 3.12. The van der Waals surface area contributed by atoms with Crippen LogP contribution in [0.25, 0.3) is 0 Å². The van der Waals surface area contributed by atoms with Crippen molar-refractivity contribution in [1.29, 1.82) is 5.26 Å².